The highest BCUT2D eigenvalue weighted by Crippen LogP contribution is 2.31. The minimum Gasteiger partial charge on any atom is -0.353 e. The number of piperazine rings is 1. The Balaban J connectivity index is 1.82. The Morgan fingerprint density at radius 2 is 2.05 bits per heavy atom. The monoisotopic (exact) mass is 277 g/mol. The van der Waals surface area contributed by atoms with Gasteiger partial charge in [0.2, 0.25) is 0 Å². The van der Waals surface area contributed by atoms with E-state index in [-0.39, 0.29) is 0 Å². The van der Waals surface area contributed by atoms with E-state index in [0.717, 1.165) is 50.6 Å². The topological polar surface area (TPSA) is 58.3 Å². The van der Waals surface area contributed by atoms with E-state index >= 15 is 0 Å². The van der Waals surface area contributed by atoms with Crippen LogP contribution in [0.3, 0.4) is 0 Å². The summed E-state index contributed by atoms with van der Waals surface area (Å²) in [7, 11) is 0. The summed E-state index contributed by atoms with van der Waals surface area (Å²) >= 11 is 1.74. The molecule has 2 N–H and O–H groups in total. The third-order valence-corrected chi connectivity index (χ3v) is 4.71. The summed E-state index contributed by atoms with van der Waals surface area (Å²) in [6, 6.07) is 0. The van der Waals surface area contributed by atoms with Gasteiger partial charge in [0.15, 0.2) is 0 Å². The second-order valence-corrected chi connectivity index (χ2v) is 5.79. The van der Waals surface area contributed by atoms with E-state index in [4.69, 9.17) is 5.73 Å². The Labute approximate surface area is 117 Å². The molecule has 1 saturated heterocycles. The van der Waals surface area contributed by atoms with Crippen molar-refractivity contribution in [3.63, 3.8) is 0 Å². The van der Waals surface area contributed by atoms with Gasteiger partial charge < -0.3 is 10.6 Å². The standard InChI is InChI=1S/C13H19N5S/c1-10-8-19-12-11(10)15-9-16-13(12)18-6-4-17(3-2-14)5-7-18/h8-9H,2-7,14H2,1H3. The first-order valence-electron chi connectivity index (χ1n) is 6.66. The number of nitrogens with two attached hydrogens (primary N) is 1. The molecular weight excluding hydrogens is 258 g/mol. The molecule has 1 fully saturated rings. The molecule has 1 aliphatic heterocycles. The van der Waals surface area contributed by atoms with E-state index in [0.29, 0.717) is 0 Å². The molecule has 3 heterocycles. The van der Waals surface area contributed by atoms with Crippen molar-refractivity contribution in [3.05, 3.63) is 17.3 Å². The van der Waals surface area contributed by atoms with Gasteiger partial charge in [-0.05, 0) is 17.9 Å². The van der Waals surface area contributed by atoms with Crippen LogP contribution in [0.1, 0.15) is 5.56 Å². The molecule has 0 bridgehead atoms. The van der Waals surface area contributed by atoms with Crippen molar-refractivity contribution in [2.24, 2.45) is 5.73 Å². The fourth-order valence-electron chi connectivity index (χ4n) is 2.55. The number of fused-ring (bicyclic) bond motifs is 1. The molecular formula is C13H19N5S. The number of rotatable bonds is 3. The van der Waals surface area contributed by atoms with Crippen LogP contribution in [0.2, 0.25) is 0 Å². The summed E-state index contributed by atoms with van der Waals surface area (Å²) in [6.07, 6.45) is 1.68. The highest BCUT2D eigenvalue weighted by atomic mass is 32.1. The summed E-state index contributed by atoms with van der Waals surface area (Å²) in [5.74, 6) is 1.09. The minimum absolute atomic E-state index is 0.738. The zero-order chi connectivity index (χ0) is 13.2. The van der Waals surface area contributed by atoms with E-state index in [2.05, 4.69) is 32.1 Å². The molecule has 2 aromatic rings. The van der Waals surface area contributed by atoms with Gasteiger partial charge in [0, 0.05) is 39.3 Å². The van der Waals surface area contributed by atoms with E-state index in [1.807, 2.05) is 0 Å². The predicted octanol–water partition coefficient (Wildman–Crippen LogP) is 1.08. The Kier molecular flexibility index (Phi) is 3.63. The fraction of sp³-hybridized carbons (Fsp3) is 0.538. The Hall–Kier alpha value is -1.24. The van der Waals surface area contributed by atoms with Gasteiger partial charge in [-0.2, -0.15) is 0 Å². The quantitative estimate of drug-likeness (QED) is 0.910. The maximum absolute atomic E-state index is 5.61. The van der Waals surface area contributed by atoms with Crippen LogP contribution in [0.15, 0.2) is 11.7 Å². The largest absolute Gasteiger partial charge is 0.353 e. The van der Waals surface area contributed by atoms with Crippen molar-refractivity contribution in [1.82, 2.24) is 14.9 Å². The van der Waals surface area contributed by atoms with Crippen molar-refractivity contribution in [2.75, 3.05) is 44.2 Å². The average molecular weight is 277 g/mol. The Morgan fingerprint density at radius 3 is 2.79 bits per heavy atom. The number of aromatic nitrogens is 2. The van der Waals surface area contributed by atoms with Gasteiger partial charge >= 0.3 is 0 Å². The molecule has 0 aliphatic carbocycles. The van der Waals surface area contributed by atoms with Crippen LogP contribution in [0, 0.1) is 6.92 Å². The van der Waals surface area contributed by atoms with Gasteiger partial charge in [-0.3, -0.25) is 4.90 Å². The summed E-state index contributed by atoms with van der Waals surface area (Å²) in [5, 5.41) is 2.16. The van der Waals surface area contributed by atoms with Crippen LogP contribution in [0.25, 0.3) is 10.2 Å². The predicted molar refractivity (Wildman–Crippen MR) is 79.9 cm³/mol. The third kappa shape index (κ3) is 2.43. The van der Waals surface area contributed by atoms with Crippen molar-refractivity contribution in [1.29, 1.82) is 0 Å². The van der Waals surface area contributed by atoms with Crippen molar-refractivity contribution < 1.29 is 0 Å². The van der Waals surface area contributed by atoms with Crippen LogP contribution >= 0.6 is 11.3 Å². The van der Waals surface area contributed by atoms with Crippen LogP contribution in [-0.4, -0.2) is 54.1 Å². The molecule has 19 heavy (non-hydrogen) atoms. The van der Waals surface area contributed by atoms with Crippen molar-refractivity contribution >= 4 is 27.4 Å². The van der Waals surface area contributed by atoms with Crippen molar-refractivity contribution in [2.45, 2.75) is 6.92 Å². The summed E-state index contributed by atoms with van der Waals surface area (Å²) in [4.78, 5) is 13.7. The maximum atomic E-state index is 5.61. The van der Waals surface area contributed by atoms with Gasteiger partial charge in [-0.1, -0.05) is 0 Å². The third-order valence-electron chi connectivity index (χ3n) is 3.63. The molecule has 0 amide bonds. The number of anilines is 1. The van der Waals surface area contributed by atoms with Gasteiger partial charge in [-0.15, -0.1) is 11.3 Å². The van der Waals surface area contributed by atoms with E-state index in [1.54, 1.807) is 17.7 Å². The lowest BCUT2D eigenvalue weighted by Gasteiger charge is -2.35. The first-order chi connectivity index (χ1) is 9.29. The molecule has 0 unspecified atom stereocenters. The van der Waals surface area contributed by atoms with E-state index in [9.17, 15) is 0 Å². The summed E-state index contributed by atoms with van der Waals surface area (Å²) in [6.45, 7) is 7.99. The normalized spacial score (nSPS) is 17.3. The molecule has 0 aromatic carbocycles. The smallest absolute Gasteiger partial charge is 0.150 e. The number of hydrogen-bond donors (Lipinski definition) is 1. The molecule has 0 saturated carbocycles. The van der Waals surface area contributed by atoms with Gasteiger partial charge in [0.1, 0.15) is 12.1 Å². The molecule has 0 spiro atoms. The zero-order valence-electron chi connectivity index (χ0n) is 11.2. The first-order valence-corrected chi connectivity index (χ1v) is 7.53. The molecule has 0 radical (unpaired) electrons. The van der Waals surface area contributed by atoms with Crippen molar-refractivity contribution in [3.8, 4) is 0 Å². The number of nitrogens with zero attached hydrogens (tertiary/aromatic N) is 4. The molecule has 2 aromatic heterocycles. The summed E-state index contributed by atoms with van der Waals surface area (Å²) in [5.41, 5.74) is 7.95. The molecule has 0 atom stereocenters. The SMILES string of the molecule is Cc1csc2c(N3CCN(CCN)CC3)ncnc12. The maximum Gasteiger partial charge on any atom is 0.150 e. The minimum atomic E-state index is 0.738. The van der Waals surface area contributed by atoms with Crippen LogP contribution < -0.4 is 10.6 Å². The second-order valence-electron chi connectivity index (χ2n) is 4.91. The van der Waals surface area contributed by atoms with Gasteiger partial charge in [0.25, 0.3) is 0 Å². The second kappa shape index (κ2) is 5.40. The Bertz CT molecular complexity index is 559. The number of hydrogen-bond acceptors (Lipinski definition) is 6. The molecule has 1 aliphatic rings. The fourth-order valence-corrected chi connectivity index (χ4v) is 3.57. The number of thiophene rings is 1. The van der Waals surface area contributed by atoms with Crippen LogP contribution in [0.5, 0.6) is 0 Å². The lowest BCUT2D eigenvalue weighted by Crippen LogP contribution is -2.48. The average Bonchev–Trinajstić information content (AvgIpc) is 2.82. The first kappa shape index (κ1) is 12.8. The zero-order valence-corrected chi connectivity index (χ0v) is 12.0. The van der Waals surface area contributed by atoms with E-state index in [1.165, 1.54) is 10.3 Å². The molecule has 6 heteroatoms. The lowest BCUT2D eigenvalue weighted by atomic mass is 10.2. The molecule has 3 rings (SSSR count). The van der Waals surface area contributed by atoms with Crippen LogP contribution in [-0.2, 0) is 0 Å². The van der Waals surface area contributed by atoms with Crippen LogP contribution in [0.4, 0.5) is 5.82 Å². The van der Waals surface area contributed by atoms with E-state index < -0.39 is 0 Å². The number of aryl methyl sites for hydroxylation is 1. The molecule has 5 nitrogen and oxygen atoms in total. The van der Waals surface area contributed by atoms with Gasteiger partial charge in [0.05, 0.1) is 10.2 Å². The molecule has 102 valence electrons. The highest BCUT2D eigenvalue weighted by molar-refractivity contribution is 7.18. The summed E-state index contributed by atoms with van der Waals surface area (Å²) < 4.78 is 1.22. The highest BCUT2D eigenvalue weighted by Gasteiger charge is 2.20. The Morgan fingerprint density at radius 1 is 1.26 bits per heavy atom. The van der Waals surface area contributed by atoms with Gasteiger partial charge in [-0.25, -0.2) is 9.97 Å². The lowest BCUT2D eigenvalue weighted by molar-refractivity contribution is 0.264.